The topological polar surface area (TPSA) is 76.0 Å². The molecule has 2 aromatic heterocycles. The molecular formula is C13H20N4O2S2. The van der Waals surface area contributed by atoms with E-state index in [1.165, 1.54) is 11.3 Å². The Morgan fingerprint density at radius 3 is 2.71 bits per heavy atom. The largest absolute Gasteiger partial charge is 0.310 e. The first kappa shape index (κ1) is 16.0. The summed E-state index contributed by atoms with van der Waals surface area (Å²) in [5.74, 6) is 0. The maximum Gasteiger partial charge on any atom is 0.271 e. The van der Waals surface area contributed by atoms with Gasteiger partial charge in [0.15, 0.2) is 0 Å². The molecule has 116 valence electrons. The van der Waals surface area contributed by atoms with Gasteiger partial charge in [0, 0.05) is 25.8 Å². The third-order valence-electron chi connectivity index (χ3n) is 2.87. The number of anilines is 1. The highest BCUT2D eigenvalue weighted by Crippen LogP contribution is 2.24. The SMILES string of the molecule is Cc1nn(C)cc1NS(=O)(=O)c1cc(CNC(C)C)cs1. The van der Waals surface area contributed by atoms with Crippen LogP contribution in [-0.2, 0) is 23.6 Å². The van der Waals surface area contributed by atoms with Crippen molar-refractivity contribution in [2.75, 3.05) is 4.72 Å². The summed E-state index contributed by atoms with van der Waals surface area (Å²) in [6.07, 6.45) is 1.65. The van der Waals surface area contributed by atoms with E-state index in [9.17, 15) is 8.42 Å². The Hall–Kier alpha value is -1.38. The van der Waals surface area contributed by atoms with Crippen LogP contribution in [0.25, 0.3) is 0 Å². The van der Waals surface area contributed by atoms with Crippen LogP contribution < -0.4 is 10.0 Å². The lowest BCUT2D eigenvalue weighted by molar-refractivity contribution is 0.589. The zero-order valence-electron chi connectivity index (χ0n) is 12.5. The van der Waals surface area contributed by atoms with Crippen molar-refractivity contribution >= 4 is 27.0 Å². The molecule has 0 amide bonds. The Bertz CT molecular complexity index is 716. The second kappa shape index (κ2) is 6.17. The van der Waals surface area contributed by atoms with Crippen LogP contribution in [0.2, 0.25) is 0 Å². The van der Waals surface area contributed by atoms with Crippen molar-refractivity contribution in [3.63, 3.8) is 0 Å². The molecule has 0 bridgehead atoms. The minimum atomic E-state index is -3.55. The molecule has 6 nitrogen and oxygen atoms in total. The maximum absolute atomic E-state index is 12.4. The zero-order valence-corrected chi connectivity index (χ0v) is 14.2. The number of nitrogens with one attached hydrogen (secondary N) is 2. The molecule has 0 aliphatic carbocycles. The van der Waals surface area contributed by atoms with E-state index in [0.717, 1.165) is 5.56 Å². The molecule has 0 spiro atoms. The van der Waals surface area contributed by atoms with E-state index in [-0.39, 0.29) is 0 Å². The molecule has 8 heteroatoms. The number of nitrogens with zero attached hydrogens (tertiary/aromatic N) is 2. The second-order valence-corrected chi connectivity index (χ2v) is 8.04. The van der Waals surface area contributed by atoms with Crippen LogP contribution in [0.5, 0.6) is 0 Å². The van der Waals surface area contributed by atoms with Crippen LogP contribution in [0.1, 0.15) is 25.1 Å². The van der Waals surface area contributed by atoms with E-state index in [1.54, 1.807) is 30.9 Å². The van der Waals surface area contributed by atoms with Gasteiger partial charge in [-0.1, -0.05) is 13.8 Å². The number of sulfonamides is 1. The van der Waals surface area contributed by atoms with Crippen LogP contribution in [0.15, 0.2) is 21.9 Å². The molecule has 0 unspecified atom stereocenters. The molecule has 2 heterocycles. The molecule has 0 aromatic carbocycles. The highest BCUT2D eigenvalue weighted by atomic mass is 32.2. The fourth-order valence-electron chi connectivity index (χ4n) is 1.80. The van der Waals surface area contributed by atoms with Crippen LogP contribution in [0.4, 0.5) is 5.69 Å². The van der Waals surface area contributed by atoms with Gasteiger partial charge >= 0.3 is 0 Å². The molecule has 0 atom stereocenters. The Morgan fingerprint density at radius 2 is 2.14 bits per heavy atom. The molecule has 0 radical (unpaired) electrons. The first-order valence-corrected chi connectivity index (χ1v) is 8.98. The van der Waals surface area contributed by atoms with Gasteiger partial charge in [-0.3, -0.25) is 9.40 Å². The second-order valence-electron chi connectivity index (χ2n) is 5.22. The van der Waals surface area contributed by atoms with Gasteiger partial charge < -0.3 is 5.32 Å². The summed E-state index contributed by atoms with van der Waals surface area (Å²) in [4.78, 5) is 0. The van der Waals surface area contributed by atoms with E-state index < -0.39 is 10.0 Å². The molecule has 0 aliphatic heterocycles. The predicted octanol–water partition coefficient (Wildman–Crippen LogP) is 2.09. The fraction of sp³-hybridized carbons (Fsp3) is 0.462. The van der Waals surface area contributed by atoms with E-state index in [0.29, 0.717) is 28.2 Å². The monoisotopic (exact) mass is 328 g/mol. The molecule has 21 heavy (non-hydrogen) atoms. The average molecular weight is 328 g/mol. The van der Waals surface area contributed by atoms with Crippen LogP contribution >= 0.6 is 11.3 Å². The standard InChI is InChI=1S/C13H20N4O2S2/c1-9(2)14-6-11-5-13(20-8-11)21(18,19)16-12-7-17(4)15-10(12)3/h5,7-9,14,16H,6H2,1-4H3. The smallest absolute Gasteiger partial charge is 0.271 e. The van der Waals surface area contributed by atoms with Gasteiger partial charge in [-0.15, -0.1) is 11.3 Å². The number of hydrogen-bond donors (Lipinski definition) is 2. The summed E-state index contributed by atoms with van der Waals surface area (Å²) in [7, 11) is -1.80. The van der Waals surface area contributed by atoms with Gasteiger partial charge in [-0.25, -0.2) is 8.42 Å². The van der Waals surface area contributed by atoms with Gasteiger partial charge in [-0.2, -0.15) is 5.10 Å². The van der Waals surface area contributed by atoms with Crippen LogP contribution in [0, 0.1) is 6.92 Å². The third-order valence-corrected chi connectivity index (χ3v) is 5.72. The van der Waals surface area contributed by atoms with Crippen LogP contribution in [-0.4, -0.2) is 24.2 Å². The van der Waals surface area contributed by atoms with Crippen molar-refractivity contribution in [3.05, 3.63) is 28.9 Å². The van der Waals surface area contributed by atoms with Crippen molar-refractivity contribution in [3.8, 4) is 0 Å². The van der Waals surface area contributed by atoms with Crippen molar-refractivity contribution in [2.24, 2.45) is 7.05 Å². The Balaban J connectivity index is 2.14. The normalized spacial score (nSPS) is 12.0. The minimum Gasteiger partial charge on any atom is -0.310 e. The number of thiophene rings is 1. The van der Waals surface area contributed by atoms with Crippen molar-refractivity contribution in [1.29, 1.82) is 0 Å². The van der Waals surface area contributed by atoms with Gasteiger partial charge in [-0.05, 0) is 23.9 Å². The Labute approximate surface area is 129 Å². The van der Waals surface area contributed by atoms with Gasteiger partial charge in [0.1, 0.15) is 4.21 Å². The molecule has 0 saturated heterocycles. The summed E-state index contributed by atoms with van der Waals surface area (Å²) in [5, 5.41) is 9.25. The van der Waals surface area contributed by atoms with Crippen molar-refractivity contribution < 1.29 is 8.42 Å². The lowest BCUT2D eigenvalue weighted by Gasteiger charge is -2.06. The van der Waals surface area contributed by atoms with Crippen LogP contribution in [0.3, 0.4) is 0 Å². The first-order valence-electron chi connectivity index (χ1n) is 6.62. The zero-order chi connectivity index (χ0) is 15.6. The van der Waals surface area contributed by atoms with Crippen molar-refractivity contribution in [2.45, 2.75) is 37.6 Å². The maximum atomic E-state index is 12.4. The summed E-state index contributed by atoms with van der Waals surface area (Å²) in [6, 6.07) is 2.06. The summed E-state index contributed by atoms with van der Waals surface area (Å²) >= 11 is 1.22. The first-order chi connectivity index (χ1) is 9.78. The summed E-state index contributed by atoms with van der Waals surface area (Å²) in [5.41, 5.74) is 2.13. The summed E-state index contributed by atoms with van der Waals surface area (Å²) < 4.78 is 29.2. The lowest BCUT2D eigenvalue weighted by atomic mass is 10.3. The molecular weight excluding hydrogens is 308 g/mol. The van der Waals surface area contributed by atoms with E-state index in [2.05, 4.69) is 29.0 Å². The number of aryl methyl sites for hydroxylation is 2. The quantitative estimate of drug-likeness (QED) is 0.851. The molecule has 2 aromatic rings. The molecule has 0 fully saturated rings. The summed E-state index contributed by atoms with van der Waals surface area (Å²) in [6.45, 7) is 6.54. The third kappa shape index (κ3) is 4.05. The van der Waals surface area contributed by atoms with Gasteiger partial charge in [0.2, 0.25) is 0 Å². The Kier molecular flexibility index (Phi) is 4.70. The number of hydrogen-bond acceptors (Lipinski definition) is 5. The molecule has 2 rings (SSSR count). The van der Waals surface area contributed by atoms with E-state index in [1.807, 2.05) is 5.38 Å². The fourth-order valence-corrected chi connectivity index (χ4v) is 4.12. The van der Waals surface area contributed by atoms with E-state index >= 15 is 0 Å². The number of rotatable bonds is 6. The lowest BCUT2D eigenvalue weighted by Crippen LogP contribution is -2.21. The molecule has 0 saturated carbocycles. The van der Waals surface area contributed by atoms with Gasteiger partial charge in [0.25, 0.3) is 10.0 Å². The van der Waals surface area contributed by atoms with Crippen molar-refractivity contribution in [1.82, 2.24) is 15.1 Å². The highest BCUT2D eigenvalue weighted by molar-refractivity contribution is 7.94. The predicted molar refractivity (Wildman–Crippen MR) is 85.0 cm³/mol. The number of aromatic nitrogens is 2. The molecule has 2 N–H and O–H groups in total. The minimum absolute atomic E-state index is 0.311. The van der Waals surface area contributed by atoms with Gasteiger partial charge in [0.05, 0.1) is 11.4 Å². The molecule has 0 aliphatic rings. The highest BCUT2D eigenvalue weighted by Gasteiger charge is 2.19. The Morgan fingerprint density at radius 1 is 1.43 bits per heavy atom. The van der Waals surface area contributed by atoms with E-state index in [4.69, 9.17) is 0 Å². The average Bonchev–Trinajstić information content (AvgIpc) is 2.94.